The molecule has 4 heteroatoms. The highest BCUT2D eigenvalue weighted by molar-refractivity contribution is 5.85. The van der Waals surface area contributed by atoms with Crippen LogP contribution in [0.2, 0.25) is 0 Å². The van der Waals surface area contributed by atoms with Crippen LogP contribution < -0.4 is 5.32 Å². The van der Waals surface area contributed by atoms with Gasteiger partial charge >= 0.3 is 6.09 Å². The summed E-state index contributed by atoms with van der Waals surface area (Å²) in [6.45, 7) is 10.1. The van der Waals surface area contributed by atoms with Crippen LogP contribution in [0.15, 0.2) is 12.7 Å². The van der Waals surface area contributed by atoms with Gasteiger partial charge in [0.15, 0.2) is 0 Å². The zero-order chi connectivity index (χ0) is 15.7. The van der Waals surface area contributed by atoms with E-state index in [1.165, 1.54) is 0 Å². The van der Waals surface area contributed by atoms with Gasteiger partial charge < -0.3 is 10.1 Å². The van der Waals surface area contributed by atoms with Crippen molar-refractivity contribution >= 4 is 11.9 Å². The molecule has 21 heavy (non-hydrogen) atoms. The molecule has 2 aliphatic carbocycles. The van der Waals surface area contributed by atoms with Crippen LogP contribution in [0.4, 0.5) is 4.79 Å². The Morgan fingerprint density at radius 1 is 1.43 bits per heavy atom. The number of rotatable bonds is 3. The minimum absolute atomic E-state index is 0.0249. The summed E-state index contributed by atoms with van der Waals surface area (Å²) in [5, 5.41) is 3.03. The summed E-state index contributed by atoms with van der Waals surface area (Å²) in [4.78, 5) is 24.1. The first-order valence-corrected chi connectivity index (χ1v) is 7.90. The van der Waals surface area contributed by atoms with Gasteiger partial charge in [0.1, 0.15) is 12.4 Å². The van der Waals surface area contributed by atoms with Crippen LogP contribution in [0, 0.1) is 16.7 Å². The lowest BCUT2D eigenvalue weighted by atomic mass is 9.50. The predicted octanol–water partition coefficient (Wildman–Crippen LogP) is 3.46. The molecule has 0 aromatic heterocycles. The van der Waals surface area contributed by atoms with Crippen LogP contribution in [0.5, 0.6) is 0 Å². The molecule has 0 radical (unpaired) electrons. The van der Waals surface area contributed by atoms with Gasteiger partial charge in [0, 0.05) is 17.9 Å². The highest BCUT2D eigenvalue weighted by Gasteiger charge is 2.55. The van der Waals surface area contributed by atoms with Crippen molar-refractivity contribution in [2.75, 3.05) is 6.61 Å². The molecular weight excluding hydrogens is 266 g/mol. The van der Waals surface area contributed by atoms with E-state index in [1.54, 1.807) is 6.08 Å². The number of alkyl carbamates (subject to hydrolysis) is 1. The number of amides is 1. The van der Waals surface area contributed by atoms with Crippen molar-refractivity contribution in [1.82, 2.24) is 5.32 Å². The first kappa shape index (κ1) is 16.1. The maximum atomic E-state index is 12.3. The van der Waals surface area contributed by atoms with Crippen molar-refractivity contribution in [2.45, 2.75) is 58.9 Å². The second-order valence-electron chi connectivity index (χ2n) is 7.22. The van der Waals surface area contributed by atoms with Gasteiger partial charge in [-0.1, -0.05) is 39.8 Å². The molecule has 0 aromatic carbocycles. The van der Waals surface area contributed by atoms with Gasteiger partial charge in [0.25, 0.3) is 0 Å². The third-order valence-electron chi connectivity index (χ3n) is 5.68. The maximum absolute atomic E-state index is 12.3. The quantitative estimate of drug-likeness (QED) is 0.811. The fraction of sp³-hybridized carbons (Fsp3) is 0.765. The van der Waals surface area contributed by atoms with E-state index >= 15 is 0 Å². The number of carbonyl (C=O) groups excluding carboxylic acids is 2. The van der Waals surface area contributed by atoms with Crippen LogP contribution in [0.1, 0.15) is 52.9 Å². The van der Waals surface area contributed by atoms with Crippen molar-refractivity contribution in [2.24, 2.45) is 16.7 Å². The smallest absolute Gasteiger partial charge is 0.407 e. The molecule has 2 rings (SSSR count). The van der Waals surface area contributed by atoms with Gasteiger partial charge in [-0.05, 0) is 30.6 Å². The van der Waals surface area contributed by atoms with Gasteiger partial charge in [0.05, 0.1) is 0 Å². The number of ketones is 1. The highest BCUT2D eigenvalue weighted by atomic mass is 16.5. The predicted molar refractivity (Wildman–Crippen MR) is 81.9 cm³/mol. The Balaban J connectivity index is 2.15. The number of Topliss-reactive ketones (excluding diaryl/α,β-unsaturated/α-hetero) is 1. The van der Waals surface area contributed by atoms with E-state index < -0.39 is 0 Å². The Labute approximate surface area is 127 Å². The summed E-state index contributed by atoms with van der Waals surface area (Å²) < 4.78 is 5.06. The summed E-state index contributed by atoms with van der Waals surface area (Å²) in [6, 6.07) is 0.0842. The van der Waals surface area contributed by atoms with E-state index in [-0.39, 0.29) is 29.6 Å². The Morgan fingerprint density at radius 3 is 2.81 bits per heavy atom. The van der Waals surface area contributed by atoms with Gasteiger partial charge in [-0.2, -0.15) is 0 Å². The van der Waals surface area contributed by atoms with Gasteiger partial charge in [-0.3, -0.25) is 4.79 Å². The van der Waals surface area contributed by atoms with E-state index in [0.29, 0.717) is 18.1 Å². The standard InChI is InChI=1S/C17H27NO3/c1-5-11-21-15(20)18-13-8-6-7-12-16(2,3)14(19)9-10-17(12,13)4/h5,12-13H,1,6-11H2,2-4H3,(H,18,20)/t12-,13?,17-/m0/s1. The highest BCUT2D eigenvalue weighted by Crippen LogP contribution is 2.56. The number of ether oxygens (including phenoxy) is 1. The molecule has 1 unspecified atom stereocenters. The first-order chi connectivity index (χ1) is 9.82. The van der Waals surface area contributed by atoms with Gasteiger partial charge in [0.2, 0.25) is 0 Å². The number of nitrogens with one attached hydrogen (secondary N) is 1. The molecule has 1 N–H and O–H groups in total. The second-order valence-corrected chi connectivity index (χ2v) is 7.22. The molecule has 3 atom stereocenters. The second kappa shape index (κ2) is 5.82. The van der Waals surface area contributed by atoms with Crippen LogP contribution in [0.3, 0.4) is 0 Å². The average Bonchev–Trinajstić information content (AvgIpc) is 2.43. The summed E-state index contributed by atoms with van der Waals surface area (Å²) in [5.74, 6) is 0.685. The first-order valence-electron chi connectivity index (χ1n) is 7.90. The molecule has 0 aromatic rings. The fourth-order valence-electron chi connectivity index (χ4n) is 4.42. The van der Waals surface area contributed by atoms with Crippen molar-refractivity contribution in [3.8, 4) is 0 Å². The van der Waals surface area contributed by atoms with E-state index in [0.717, 1.165) is 25.7 Å². The topological polar surface area (TPSA) is 55.4 Å². The van der Waals surface area contributed by atoms with Crippen molar-refractivity contribution in [1.29, 1.82) is 0 Å². The molecule has 0 spiro atoms. The van der Waals surface area contributed by atoms with E-state index in [4.69, 9.17) is 4.74 Å². The minimum Gasteiger partial charge on any atom is -0.445 e. The Bertz CT molecular complexity index is 443. The number of carbonyl (C=O) groups is 2. The lowest BCUT2D eigenvalue weighted by Gasteiger charge is -2.56. The molecule has 0 saturated heterocycles. The third kappa shape index (κ3) is 2.85. The summed E-state index contributed by atoms with van der Waals surface area (Å²) >= 11 is 0. The van der Waals surface area contributed by atoms with Crippen LogP contribution in [0.25, 0.3) is 0 Å². The Kier molecular flexibility index (Phi) is 4.45. The zero-order valence-corrected chi connectivity index (χ0v) is 13.4. The SMILES string of the molecule is C=CCOC(=O)NC1CCC[C@H]2C(C)(C)C(=O)CC[C@]12C. The van der Waals surface area contributed by atoms with E-state index in [9.17, 15) is 9.59 Å². The van der Waals surface area contributed by atoms with Crippen LogP contribution in [-0.4, -0.2) is 24.5 Å². The average molecular weight is 293 g/mol. The largest absolute Gasteiger partial charge is 0.445 e. The lowest BCUT2D eigenvalue weighted by molar-refractivity contribution is -0.144. The molecule has 118 valence electrons. The molecule has 2 saturated carbocycles. The van der Waals surface area contributed by atoms with Gasteiger partial charge in [-0.25, -0.2) is 4.79 Å². The molecule has 0 bridgehead atoms. The number of hydrogen-bond acceptors (Lipinski definition) is 3. The molecule has 1 amide bonds. The summed E-state index contributed by atoms with van der Waals surface area (Å²) in [7, 11) is 0. The Hall–Kier alpha value is -1.32. The summed E-state index contributed by atoms with van der Waals surface area (Å²) in [6.07, 6.45) is 5.72. The third-order valence-corrected chi connectivity index (χ3v) is 5.68. The lowest BCUT2D eigenvalue weighted by Crippen LogP contribution is -2.59. The fourth-order valence-corrected chi connectivity index (χ4v) is 4.42. The number of fused-ring (bicyclic) bond motifs is 1. The van der Waals surface area contributed by atoms with Crippen LogP contribution in [-0.2, 0) is 9.53 Å². The van der Waals surface area contributed by atoms with Gasteiger partial charge in [-0.15, -0.1) is 0 Å². The summed E-state index contributed by atoms with van der Waals surface area (Å²) in [5.41, 5.74) is -0.318. The van der Waals surface area contributed by atoms with E-state index in [2.05, 4.69) is 32.7 Å². The normalized spacial score (nSPS) is 34.7. The molecule has 0 heterocycles. The zero-order valence-electron chi connectivity index (χ0n) is 13.4. The molecule has 0 aliphatic heterocycles. The molecule has 4 nitrogen and oxygen atoms in total. The van der Waals surface area contributed by atoms with Crippen molar-refractivity contribution < 1.29 is 14.3 Å². The monoisotopic (exact) mass is 293 g/mol. The van der Waals surface area contributed by atoms with E-state index in [1.807, 2.05) is 0 Å². The van der Waals surface area contributed by atoms with Crippen molar-refractivity contribution in [3.63, 3.8) is 0 Å². The Morgan fingerprint density at radius 2 is 2.14 bits per heavy atom. The molecular formula is C17H27NO3. The molecule has 2 fully saturated rings. The number of hydrogen-bond donors (Lipinski definition) is 1. The minimum atomic E-state index is -0.378. The maximum Gasteiger partial charge on any atom is 0.407 e. The van der Waals surface area contributed by atoms with Crippen LogP contribution >= 0.6 is 0 Å². The molecule has 2 aliphatic rings. The van der Waals surface area contributed by atoms with Crippen molar-refractivity contribution in [3.05, 3.63) is 12.7 Å².